The van der Waals surface area contributed by atoms with Gasteiger partial charge in [-0.25, -0.2) is 4.79 Å². The Morgan fingerprint density at radius 2 is 1.50 bits per heavy atom. The first-order valence-electron chi connectivity index (χ1n) is 7.07. The van der Waals surface area contributed by atoms with E-state index in [0.717, 1.165) is 11.3 Å². The molecule has 0 bridgehead atoms. The van der Waals surface area contributed by atoms with E-state index in [9.17, 15) is 9.59 Å². The summed E-state index contributed by atoms with van der Waals surface area (Å²) in [7, 11) is 1.34. The smallest absolute Gasteiger partial charge is 0.337 e. The lowest BCUT2D eigenvalue weighted by Crippen LogP contribution is -2.26. The molecule has 0 aliphatic heterocycles. The maximum Gasteiger partial charge on any atom is 0.337 e. The van der Waals surface area contributed by atoms with Crippen molar-refractivity contribution in [1.29, 1.82) is 0 Å². The molecule has 0 aliphatic rings. The third-order valence-electron chi connectivity index (χ3n) is 3.42. The van der Waals surface area contributed by atoms with Crippen LogP contribution in [-0.4, -0.2) is 24.9 Å². The van der Waals surface area contributed by atoms with E-state index in [1.807, 2.05) is 38.1 Å². The molecule has 1 N–H and O–H groups in total. The molecule has 2 aromatic rings. The molecule has 0 saturated heterocycles. The Kier molecular flexibility index (Phi) is 4.94. The van der Waals surface area contributed by atoms with Gasteiger partial charge in [0.2, 0.25) is 0 Å². The number of carbonyl (C=O) groups is 2. The fourth-order valence-corrected chi connectivity index (χ4v) is 2.10. The summed E-state index contributed by atoms with van der Waals surface area (Å²) in [5.74, 6) is -0.354. The third kappa shape index (κ3) is 3.73. The van der Waals surface area contributed by atoms with Crippen LogP contribution in [-0.2, 0) is 4.74 Å². The maximum absolute atomic E-state index is 12.3. The van der Waals surface area contributed by atoms with Gasteiger partial charge in [0.05, 0.1) is 18.7 Å². The van der Waals surface area contributed by atoms with E-state index in [1.54, 1.807) is 24.3 Å². The van der Waals surface area contributed by atoms with Gasteiger partial charge in [0, 0.05) is 11.3 Å². The van der Waals surface area contributed by atoms with Crippen LogP contribution in [0.3, 0.4) is 0 Å². The molecule has 0 aliphatic carbocycles. The van der Waals surface area contributed by atoms with Crippen LogP contribution in [0.15, 0.2) is 48.5 Å². The number of aryl methyl sites for hydroxylation is 1. The number of hydrogen-bond acceptors (Lipinski definition) is 4. The lowest BCUT2D eigenvalue weighted by molar-refractivity contribution is 0.0600. The van der Waals surface area contributed by atoms with Crippen LogP contribution < -0.4 is 5.32 Å². The monoisotopic (exact) mass is 297 g/mol. The van der Waals surface area contributed by atoms with Crippen LogP contribution in [0, 0.1) is 6.92 Å². The lowest BCUT2D eigenvalue weighted by Gasteiger charge is -2.14. The number of nitrogens with one attached hydrogen (secondary N) is 1. The number of carbonyl (C=O) groups excluding carboxylic acids is 2. The molecule has 114 valence electrons. The minimum Gasteiger partial charge on any atom is -0.465 e. The molecule has 2 rings (SSSR count). The number of benzene rings is 2. The highest BCUT2D eigenvalue weighted by Gasteiger charge is 2.15. The highest BCUT2D eigenvalue weighted by molar-refractivity contribution is 6.01. The standard InChI is InChI=1S/C18H19NO3/c1-12-4-6-14(7-5-12)17(20)13(2)19-16-10-8-15(9-11-16)18(21)22-3/h4-11,13,19H,1-3H3. The molecule has 0 saturated carbocycles. The highest BCUT2D eigenvalue weighted by Crippen LogP contribution is 2.14. The number of esters is 1. The van der Waals surface area contributed by atoms with Crippen LogP contribution in [0.2, 0.25) is 0 Å². The molecule has 0 radical (unpaired) electrons. The number of Topliss-reactive ketones (excluding diaryl/α,β-unsaturated/α-hetero) is 1. The molecule has 22 heavy (non-hydrogen) atoms. The Morgan fingerprint density at radius 3 is 2.05 bits per heavy atom. The number of methoxy groups -OCH3 is 1. The second-order valence-electron chi connectivity index (χ2n) is 5.17. The number of ether oxygens (including phenoxy) is 1. The van der Waals surface area contributed by atoms with Gasteiger partial charge >= 0.3 is 5.97 Å². The number of anilines is 1. The Balaban J connectivity index is 2.05. The van der Waals surface area contributed by atoms with Crippen LogP contribution in [0.1, 0.15) is 33.2 Å². The van der Waals surface area contributed by atoms with Crippen molar-refractivity contribution in [3.63, 3.8) is 0 Å². The third-order valence-corrected chi connectivity index (χ3v) is 3.42. The van der Waals surface area contributed by atoms with Gasteiger partial charge in [-0.2, -0.15) is 0 Å². The minimum atomic E-state index is -0.379. The van der Waals surface area contributed by atoms with Crippen molar-refractivity contribution in [2.75, 3.05) is 12.4 Å². The molecule has 1 atom stereocenters. The zero-order valence-corrected chi connectivity index (χ0v) is 12.9. The first-order valence-corrected chi connectivity index (χ1v) is 7.07. The Labute approximate surface area is 130 Å². The molecule has 2 aromatic carbocycles. The lowest BCUT2D eigenvalue weighted by atomic mass is 10.0. The summed E-state index contributed by atoms with van der Waals surface area (Å²) in [5.41, 5.74) is 3.05. The van der Waals surface area contributed by atoms with Crippen molar-refractivity contribution in [2.45, 2.75) is 19.9 Å². The van der Waals surface area contributed by atoms with Crippen LogP contribution in [0.5, 0.6) is 0 Å². The summed E-state index contributed by atoms with van der Waals surface area (Å²) in [6.45, 7) is 3.80. The van der Waals surface area contributed by atoms with E-state index in [2.05, 4.69) is 10.1 Å². The SMILES string of the molecule is COC(=O)c1ccc(NC(C)C(=O)c2ccc(C)cc2)cc1. The van der Waals surface area contributed by atoms with Gasteiger partial charge in [-0.3, -0.25) is 4.79 Å². The van der Waals surface area contributed by atoms with E-state index >= 15 is 0 Å². The fourth-order valence-electron chi connectivity index (χ4n) is 2.10. The number of ketones is 1. The summed E-state index contributed by atoms with van der Waals surface area (Å²) < 4.78 is 4.65. The summed E-state index contributed by atoms with van der Waals surface area (Å²) >= 11 is 0. The van der Waals surface area contributed by atoms with Crippen molar-refractivity contribution < 1.29 is 14.3 Å². The van der Waals surface area contributed by atoms with E-state index < -0.39 is 0 Å². The van der Waals surface area contributed by atoms with Gasteiger partial charge < -0.3 is 10.1 Å². The first kappa shape index (κ1) is 15.8. The van der Waals surface area contributed by atoms with Crippen molar-refractivity contribution >= 4 is 17.4 Å². The van der Waals surface area contributed by atoms with E-state index in [4.69, 9.17) is 0 Å². The molecule has 4 heteroatoms. The summed E-state index contributed by atoms with van der Waals surface area (Å²) in [6.07, 6.45) is 0. The molecule has 0 amide bonds. The van der Waals surface area contributed by atoms with E-state index in [0.29, 0.717) is 11.1 Å². The van der Waals surface area contributed by atoms with Crippen molar-refractivity contribution in [1.82, 2.24) is 0 Å². The van der Waals surface area contributed by atoms with Gasteiger partial charge in [-0.1, -0.05) is 29.8 Å². The second kappa shape index (κ2) is 6.89. The van der Waals surface area contributed by atoms with Crippen molar-refractivity contribution in [3.05, 3.63) is 65.2 Å². The van der Waals surface area contributed by atoms with Crippen LogP contribution in [0.25, 0.3) is 0 Å². The summed E-state index contributed by atoms with van der Waals surface area (Å²) in [5, 5.41) is 3.14. The fraction of sp³-hybridized carbons (Fsp3) is 0.222. The quantitative estimate of drug-likeness (QED) is 0.678. The highest BCUT2D eigenvalue weighted by atomic mass is 16.5. The Bertz CT molecular complexity index is 660. The van der Waals surface area contributed by atoms with Gasteiger partial charge in [-0.15, -0.1) is 0 Å². The number of hydrogen-bond donors (Lipinski definition) is 1. The van der Waals surface area contributed by atoms with Gasteiger partial charge in [0.15, 0.2) is 5.78 Å². The van der Waals surface area contributed by atoms with Crippen LogP contribution in [0.4, 0.5) is 5.69 Å². The van der Waals surface area contributed by atoms with Gasteiger partial charge in [0.25, 0.3) is 0 Å². The average Bonchev–Trinajstić information content (AvgIpc) is 2.54. The molecule has 0 fully saturated rings. The molecule has 1 unspecified atom stereocenters. The maximum atomic E-state index is 12.3. The van der Waals surface area contributed by atoms with E-state index in [-0.39, 0.29) is 17.8 Å². The first-order chi connectivity index (χ1) is 10.5. The molecule has 0 aromatic heterocycles. The molecule has 0 spiro atoms. The predicted molar refractivity (Wildman–Crippen MR) is 86.4 cm³/mol. The summed E-state index contributed by atoms with van der Waals surface area (Å²) in [4.78, 5) is 23.7. The van der Waals surface area contributed by atoms with Crippen molar-refractivity contribution in [2.24, 2.45) is 0 Å². The average molecular weight is 297 g/mol. The normalized spacial score (nSPS) is 11.6. The molecular weight excluding hydrogens is 278 g/mol. The molecular formula is C18H19NO3. The van der Waals surface area contributed by atoms with Gasteiger partial charge in [0.1, 0.15) is 0 Å². The Hall–Kier alpha value is -2.62. The van der Waals surface area contributed by atoms with Crippen molar-refractivity contribution in [3.8, 4) is 0 Å². The van der Waals surface area contributed by atoms with E-state index in [1.165, 1.54) is 7.11 Å². The van der Waals surface area contributed by atoms with Gasteiger partial charge in [-0.05, 0) is 38.1 Å². The zero-order valence-electron chi connectivity index (χ0n) is 12.9. The predicted octanol–water partition coefficient (Wildman–Crippen LogP) is 3.46. The zero-order chi connectivity index (χ0) is 16.1. The molecule has 4 nitrogen and oxygen atoms in total. The summed E-state index contributed by atoms with van der Waals surface area (Å²) in [6, 6.07) is 14.0. The number of rotatable bonds is 5. The minimum absolute atomic E-state index is 0.0250. The van der Waals surface area contributed by atoms with Crippen LogP contribution >= 0.6 is 0 Å². The second-order valence-corrected chi connectivity index (χ2v) is 5.17. The molecule has 0 heterocycles. The Morgan fingerprint density at radius 1 is 0.955 bits per heavy atom. The largest absolute Gasteiger partial charge is 0.465 e. The topological polar surface area (TPSA) is 55.4 Å².